The fourth-order valence-corrected chi connectivity index (χ4v) is 3.00. The maximum Gasteiger partial charge on any atom is 0.321 e. The van der Waals surface area contributed by atoms with Gasteiger partial charge in [-0.3, -0.25) is 14.9 Å². The zero-order chi connectivity index (χ0) is 13.1. The fraction of sp³-hybridized carbons (Fsp3) is 0.333. The van der Waals surface area contributed by atoms with E-state index in [-0.39, 0.29) is 11.3 Å². The summed E-state index contributed by atoms with van der Waals surface area (Å²) in [6, 6.07) is 6.57. The van der Waals surface area contributed by atoms with Crippen LogP contribution < -0.4 is 10.1 Å². The molecule has 1 aromatic carbocycles. The predicted octanol–water partition coefficient (Wildman–Crippen LogP) is 1.40. The van der Waals surface area contributed by atoms with E-state index in [0.29, 0.717) is 11.5 Å². The summed E-state index contributed by atoms with van der Waals surface area (Å²) in [6.07, 6.45) is 0. The molecule has 1 saturated heterocycles. The number of carbonyl (C=O) groups is 2. The summed E-state index contributed by atoms with van der Waals surface area (Å²) in [5.74, 6) is -0.287. The van der Waals surface area contributed by atoms with Gasteiger partial charge in [-0.15, -0.1) is 11.8 Å². The Hall–Kier alpha value is -1.53. The van der Waals surface area contributed by atoms with Gasteiger partial charge in [0.1, 0.15) is 11.8 Å². The molecule has 6 heteroatoms. The van der Waals surface area contributed by atoms with E-state index in [2.05, 4.69) is 5.32 Å². The summed E-state index contributed by atoms with van der Waals surface area (Å²) in [4.78, 5) is 21.9. The number of para-hydroxylation sites is 1. The minimum absolute atomic E-state index is 0.165. The van der Waals surface area contributed by atoms with E-state index < -0.39 is 12.0 Å². The first kappa shape index (κ1) is 12.9. The van der Waals surface area contributed by atoms with E-state index in [9.17, 15) is 9.59 Å². The first-order valence-corrected chi connectivity index (χ1v) is 6.50. The molecule has 1 unspecified atom stereocenters. The molecule has 2 N–H and O–H groups in total. The van der Waals surface area contributed by atoms with Crippen LogP contribution in [0.2, 0.25) is 0 Å². The molecule has 0 radical (unpaired) electrons. The first-order chi connectivity index (χ1) is 8.58. The van der Waals surface area contributed by atoms with Crippen LogP contribution in [0.4, 0.5) is 0 Å². The number of benzene rings is 1. The van der Waals surface area contributed by atoms with Crippen LogP contribution in [0.3, 0.4) is 0 Å². The second-order valence-corrected chi connectivity index (χ2v) is 5.04. The minimum Gasteiger partial charge on any atom is -0.480 e. The lowest BCUT2D eigenvalue weighted by Crippen LogP contribution is -2.33. The molecule has 1 fully saturated rings. The maximum atomic E-state index is 11.0. The number of aliphatic carboxylic acids is 1. The molecule has 2 rings (SSSR count). The Balaban J connectivity index is 2.18. The first-order valence-electron chi connectivity index (χ1n) is 5.45. The average molecular weight is 267 g/mol. The van der Waals surface area contributed by atoms with Crippen LogP contribution in [-0.4, -0.2) is 28.8 Å². The smallest absolute Gasteiger partial charge is 0.321 e. The van der Waals surface area contributed by atoms with Gasteiger partial charge >= 0.3 is 11.9 Å². The lowest BCUT2D eigenvalue weighted by Gasteiger charge is -2.15. The van der Waals surface area contributed by atoms with Crippen LogP contribution in [0.1, 0.15) is 17.9 Å². The number of carboxylic acid groups (broad SMARTS) is 1. The molecular weight excluding hydrogens is 254 g/mol. The molecule has 0 aromatic heterocycles. The molecule has 0 bridgehead atoms. The number of hydrogen-bond donors (Lipinski definition) is 2. The summed E-state index contributed by atoms with van der Waals surface area (Å²) in [5, 5.41) is 11.8. The third-order valence-electron chi connectivity index (χ3n) is 2.54. The molecule has 1 heterocycles. The van der Waals surface area contributed by atoms with Gasteiger partial charge in [0.2, 0.25) is 0 Å². The molecular formula is C12H13NO4S. The van der Waals surface area contributed by atoms with Crippen molar-refractivity contribution in [1.82, 2.24) is 5.32 Å². The quantitative estimate of drug-likeness (QED) is 0.637. The van der Waals surface area contributed by atoms with Gasteiger partial charge in [0, 0.05) is 18.2 Å². The van der Waals surface area contributed by atoms with E-state index >= 15 is 0 Å². The molecule has 0 amide bonds. The van der Waals surface area contributed by atoms with Gasteiger partial charge < -0.3 is 9.84 Å². The summed E-state index contributed by atoms with van der Waals surface area (Å²) in [7, 11) is 0. The fourth-order valence-electron chi connectivity index (χ4n) is 1.74. The van der Waals surface area contributed by atoms with Gasteiger partial charge in [-0.1, -0.05) is 18.2 Å². The van der Waals surface area contributed by atoms with Gasteiger partial charge in [-0.25, -0.2) is 0 Å². The van der Waals surface area contributed by atoms with Crippen molar-refractivity contribution in [2.24, 2.45) is 0 Å². The molecule has 1 aliphatic rings. The van der Waals surface area contributed by atoms with Gasteiger partial charge in [0.25, 0.3) is 0 Å². The Morgan fingerprint density at radius 2 is 2.17 bits per heavy atom. The Labute approximate surface area is 109 Å². The summed E-state index contributed by atoms with van der Waals surface area (Å²) in [5.41, 5.74) is 0.793. The SMILES string of the molecule is CC(=O)Oc1ccccc1C1N[C@H](C(=O)O)CS1. The zero-order valence-corrected chi connectivity index (χ0v) is 10.6. The van der Waals surface area contributed by atoms with Crippen LogP contribution in [0.5, 0.6) is 5.75 Å². The summed E-state index contributed by atoms with van der Waals surface area (Å²) >= 11 is 1.49. The largest absolute Gasteiger partial charge is 0.480 e. The number of rotatable bonds is 3. The third-order valence-corrected chi connectivity index (χ3v) is 3.78. The third kappa shape index (κ3) is 2.83. The number of thioether (sulfide) groups is 1. The highest BCUT2D eigenvalue weighted by molar-refractivity contribution is 7.99. The van der Waals surface area contributed by atoms with Crippen molar-refractivity contribution in [2.75, 3.05) is 5.75 Å². The molecule has 1 aliphatic heterocycles. The zero-order valence-electron chi connectivity index (χ0n) is 9.75. The van der Waals surface area contributed by atoms with Crippen LogP contribution in [-0.2, 0) is 9.59 Å². The molecule has 0 spiro atoms. The van der Waals surface area contributed by atoms with Crippen LogP contribution >= 0.6 is 11.8 Å². The lowest BCUT2D eigenvalue weighted by molar-refractivity contribution is -0.138. The molecule has 96 valence electrons. The van der Waals surface area contributed by atoms with Crippen molar-refractivity contribution >= 4 is 23.7 Å². The maximum absolute atomic E-state index is 11.0. The lowest BCUT2D eigenvalue weighted by atomic mass is 10.2. The second kappa shape index (κ2) is 5.41. The van der Waals surface area contributed by atoms with Crippen molar-refractivity contribution in [3.8, 4) is 5.75 Å². The number of hydrogen-bond acceptors (Lipinski definition) is 5. The van der Waals surface area contributed by atoms with Crippen molar-refractivity contribution in [3.05, 3.63) is 29.8 Å². The van der Waals surface area contributed by atoms with E-state index in [1.807, 2.05) is 12.1 Å². The van der Waals surface area contributed by atoms with Crippen molar-refractivity contribution < 1.29 is 19.4 Å². The topological polar surface area (TPSA) is 75.6 Å². The average Bonchev–Trinajstić information content (AvgIpc) is 2.78. The Morgan fingerprint density at radius 1 is 1.44 bits per heavy atom. The van der Waals surface area contributed by atoms with E-state index in [4.69, 9.17) is 9.84 Å². The summed E-state index contributed by atoms with van der Waals surface area (Å²) in [6.45, 7) is 1.34. The van der Waals surface area contributed by atoms with Gasteiger partial charge in [-0.05, 0) is 6.07 Å². The highest BCUT2D eigenvalue weighted by Gasteiger charge is 2.31. The minimum atomic E-state index is -0.866. The van der Waals surface area contributed by atoms with Crippen molar-refractivity contribution in [3.63, 3.8) is 0 Å². The van der Waals surface area contributed by atoms with E-state index in [0.717, 1.165) is 5.56 Å². The number of carboxylic acids is 1. The predicted molar refractivity (Wildman–Crippen MR) is 67.5 cm³/mol. The Morgan fingerprint density at radius 3 is 2.78 bits per heavy atom. The molecule has 1 aromatic rings. The molecule has 0 aliphatic carbocycles. The highest BCUT2D eigenvalue weighted by Crippen LogP contribution is 2.37. The van der Waals surface area contributed by atoms with Crippen LogP contribution in [0.25, 0.3) is 0 Å². The molecule has 18 heavy (non-hydrogen) atoms. The van der Waals surface area contributed by atoms with Gasteiger partial charge in [0.15, 0.2) is 0 Å². The van der Waals surface area contributed by atoms with Crippen LogP contribution in [0.15, 0.2) is 24.3 Å². The van der Waals surface area contributed by atoms with Gasteiger partial charge in [-0.2, -0.15) is 0 Å². The Bertz CT molecular complexity index is 477. The molecule has 0 saturated carbocycles. The summed E-state index contributed by atoms with van der Waals surface area (Å²) < 4.78 is 5.11. The normalized spacial score (nSPS) is 22.7. The van der Waals surface area contributed by atoms with E-state index in [1.165, 1.54) is 18.7 Å². The second-order valence-electron chi connectivity index (χ2n) is 3.90. The highest BCUT2D eigenvalue weighted by atomic mass is 32.2. The Kier molecular flexibility index (Phi) is 3.88. The number of nitrogens with one attached hydrogen (secondary N) is 1. The monoisotopic (exact) mass is 267 g/mol. The number of ether oxygens (including phenoxy) is 1. The molecule has 5 nitrogen and oxygen atoms in total. The number of carbonyl (C=O) groups excluding carboxylic acids is 1. The van der Waals surface area contributed by atoms with Gasteiger partial charge in [0.05, 0.1) is 5.37 Å². The standard InChI is InChI=1S/C12H13NO4S/c1-7(14)17-10-5-3-2-4-8(10)11-13-9(6-18-11)12(15)16/h2-5,9,11,13H,6H2,1H3,(H,15,16)/t9-,11?/m0/s1. The number of esters is 1. The van der Waals surface area contributed by atoms with Crippen molar-refractivity contribution in [2.45, 2.75) is 18.3 Å². The van der Waals surface area contributed by atoms with E-state index in [1.54, 1.807) is 12.1 Å². The van der Waals surface area contributed by atoms with Crippen LogP contribution in [0, 0.1) is 0 Å². The van der Waals surface area contributed by atoms with Crippen molar-refractivity contribution in [1.29, 1.82) is 0 Å². The molecule has 2 atom stereocenters.